The third kappa shape index (κ3) is 5.82. The fourth-order valence-corrected chi connectivity index (χ4v) is 4.95. The molecule has 0 aliphatic rings. The van der Waals surface area contributed by atoms with Gasteiger partial charge in [0.1, 0.15) is 10.3 Å². The van der Waals surface area contributed by atoms with Crippen LogP contribution < -0.4 is 10.0 Å². The largest absolute Gasteiger partial charge is 0.452 e. The van der Waals surface area contributed by atoms with E-state index in [1.165, 1.54) is 36.4 Å². The number of ether oxygens (including phenoxy) is 1. The molecule has 0 aliphatic carbocycles. The fourth-order valence-electron chi connectivity index (χ4n) is 2.41. The van der Waals surface area contributed by atoms with E-state index in [9.17, 15) is 18.0 Å². The maximum absolute atomic E-state index is 12.3. The number of hydrogen-bond acceptors (Lipinski definition) is 7. The zero-order valence-electron chi connectivity index (χ0n) is 15.7. The Kier molecular flexibility index (Phi) is 6.91. The van der Waals surface area contributed by atoms with Gasteiger partial charge in [-0.05, 0) is 48.5 Å². The van der Waals surface area contributed by atoms with Crippen molar-refractivity contribution in [2.24, 2.45) is 0 Å². The van der Waals surface area contributed by atoms with Gasteiger partial charge in [0.2, 0.25) is 0 Å². The summed E-state index contributed by atoms with van der Waals surface area (Å²) < 4.78 is 32.3. The van der Waals surface area contributed by atoms with Crippen molar-refractivity contribution in [2.75, 3.05) is 16.6 Å². The normalized spacial score (nSPS) is 10.7. The van der Waals surface area contributed by atoms with Crippen molar-refractivity contribution in [3.63, 3.8) is 0 Å². The zero-order chi connectivity index (χ0) is 22.4. The minimum absolute atomic E-state index is 0.0602. The van der Waals surface area contributed by atoms with Crippen LogP contribution in [0.5, 0.6) is 0 Å². The van der Waals surface area contributed by atoms with E-state index in [1.54, 1.807) is 24.3 Å². The van der Waals surface area contributed by atoms with Crippen molar-refractivity contribution in [3.05, 3.63) is 76.1 Å². The van der Waals surface area contributed by atoms with Crippen LogP contribution in [-0.2, 0) is 19.6 Å². The summed E-state index contributed by atoms with van der Waals surface area (Å²) in [6.07, 6.45) is 0. The van der Waals surface area contributed by atoms with Gasteiger partial charge < -0.3 is 10.1 Å². The molecule has 1 aromatic heterocycles. The molecule has 8 nitrogen and oxygen atoms in total. The summed E-state index contributed by atoms with van der Waals surface area (Å²) in [5.41, 5.74) is 0.971. The Morgan fingerprint density at radius 1 is 1.06 bits per heavy atom. The lowest BCUT2D eigenvalue weighted by Crippen LogP contribution is -2.21. The Labute approximate surface area is 187 Å². The van der Waals surface area contributed by atoms with Gasteiger partial charge in [0.05, 0.1) is 21.2 Å². The highest BCUT2D eigenvalue weighted by Gasteiger charge is 2.17. The number of rotatable bonds is 7. The highest BCUT2D eigenvalue weighted by molar-refractivity contribution is 7.94. The second kappa shape index (κ2) is 9.61. The smallest absolute Gasteiger partial charge is 0.338 e. The number of carbonyl (C=O) groups excluding carboxylic acids is 2. The third-order valence-corrected chi connectivity index (χ3v) is 6.95. The molecule has 158 valence electrons. The average molecular weight is 476 g/mol. The van der Waals surface area contributed by atoms with E-state index in [1.807, 2.05) is 6.07 Å². The average Bonchev–Trinajstić information content (AvgIpc) is 3.20. The molecule has 31 heavy (non-hydrogen) atoms. The molecular formula is C20H14ClN3O5S2. The molecule has 2 aromatic carbocycles. The van der Waals surface area contributed by atoms with Crippen LogP contribution in [0.15, 0.2) is 64.9 Å². The number of anilines is 2. The van der Waals surface area contributed by atoms with Crippen molar-refractivity contribution < 1.29 is 22.7 Å². The molecule has 0 fully saturated rings. The standard InChI is InChI=1S/C20H14ClN3O5S2/c21-17-9-10-19(30-17)31(27,28)24-15-7-5-13(6-8-15)20(26)29-12-18(25)23-16-4-2-1-3-14(16)11-22/h1-10,24H,12H2,(H,23,25). The molecule has 0 saturated carbocycles. The summed E-state index contributed by atoms with van der Waals surface area (Å²) in [5.74, 6) is -1.36. The Bertz CT molecular complexity index is 1260. The number of nitriles is 1. The molecule has 0 spiro atoms. The molecule has 11 heteroatoms. The molecule has 2 N–H and O–H groups in total. The molecule has 3 rings (SSSR count). The second-order valence-electron chi connectivity index (χ2n) is 6.02. The first-order valence-corrected chi connectivity index (χ1v) is 11.3. The molecule has 1 amide bonds. The molecule has 0 atom stereocenters. The van der Waals surface area contributed by atoms with Crippen LogP contribution in [0.25, 0.3) is 0 Å². The first-order valence-electron chi connectivity index (χ1n) is 8.63. The number of thiophene rings is 1. The van der Waals surface area contributed by atoms with Crippen molar-refractivity contribution in [1.82, 2.24) is 0 Å². The Hall–Kier alpha value is -3.39. The van der Waals surface area contributed by atoms with E-state index in [0.29, 0.717) is 10.0 Å². The lowest BCUT2D eigenvalue weighted by molar-refractivity contribution is -0.119. The van der Waals surface area contributed by atoms with E-state index < -0.39 is 28.5 Å². The van der Waals surface area contributed by atoms with Crippen LogP contribution in [0.4, 0.5) is 11.4 Å². The monoisotopic (exact) mass is 475 g/mol. The number of benzene rings is 2. The van der Waals surface area contributed by atoms with Crippen molar-refractivity contribution in [3.8, 4) is 6.07 Å². The predicted molar refractivity (Wildman–Crippen MR) is 117 cm³/mol. The first kappa shape index (κ1) is 22.3. The maximum Gasteiger partial charge on any atom is 0.338 e. The zero-order valence-corrected chi connectivity index (χ0v) is 18.1. The first-order chi connectivity index (χ1) is 14.8. The predicted octanol–water partition coefficient (Wildman–Crippen LogP) is 3.87. The van der Waals surface area contributed by atoms with Crippen molar-refractivity contribution >= 4 is 56.2 Å². The molecule has 0 bridgehead atoms. The van der Waals surface area contributed by atoms with Crippen LogP contribution in [-0.4, -0.2) is 26.9 Å². The van der Waals surface area contributed by atoms with Crippen LogP contribution in [0.1, 0.15) is 15.9 Å². The number of halogens is 1. The molecule has 1 heterocycles. The Balaban J connectivity index is 1.56. The number of nitrogens with one attached hydrogen (secondary N) is 2. The number of nitrogens with zero attached hydrogens (tertiary/aromatic N) is 1. The number of carbonyl (C=O) groups is 2. The molecule has 0 radical (unpaired) electrons. The van der Waals surface area contributed by atoms with Crippen molar-refractivity contribution in [2.45, 2.75) is 4.21 Å². The highest BCUT2D eigenvalue weighted by Crippen LogP contribution is 2.27. The van der Waals surface area contributed by atoms with E-state index >= 15 is 0 Å². The van der Waals surface area contributed by atoms with Gasteiger partial charge >= 0.3 is 5.97 Å². The van der Waals surface area contributed by atoms with Gasteiger partial charge in [-0.15, -0.1) is 11.3 Å². The van der Waals surface area contributed by atoms with E-state index in [2.05, 4.69) is 10.0 Å². The topological polar surface area (TPSA) is 125 Å². The van der Waals surface area contributed by atoms with Crippen LogP contribution in [0.2, 0.25) is 4.34 Å². The Morgan fingerprint density at radius 2 is 1.77 bits per heavy atom. The number of sulfonamides is 1. The van der Waals surface area contributed by atoms with E-state index in [0.717, 1.165) is 11.3 Å². The minimum atomic E-state index is -3.79. The number of esters is 1. The summed E-state index contributed by atoms with van der Waals surface area (Å²) in [6, 6.07) is 16.8. The fraction of sp³-hybridized carbons (Fsp3) is 0.0500. The molecule has 0 saturated heterocycles. The van der Waals surface area contributed by atoms with Gasteiger partial charge in [-0.2, -0.15) is 5.26 Å². The van der Waals surface area contributed by atoms with Gasteiger partial charge in [0.15, 0.2) is 6.61 Å². The highest BCUT2D eigenvalue weighted by atomic mass is 35.5. The SMILES string of the molecule is N#Cc1ccccc1NC(=O)COC(=O)c1ccc(NS(=O)(=O)c2ccc(Cl)s2)cc1. The van der Waals surface area contributed by atoms with E-state index in [4.69, 9.17) is 21.6 Å². The van der Waals surface area contributed by atoms with Crippen LogP contribution >= 0.6 is 22.9 Å². The third-order valence-electron chi connectivity index (χ3n) is 3.84. The quantitative estimate of drug-likeness (QED) is 0.499. The molecule has 0 unspecified atom stereocenters. The lowest BCUT2D eigenvalue weighted by atomic mass is 10.2. The number of hydrogen-bond donors (Lipinski definition) is 2. The molecule has 0 aliphatic heterocycles. The minimum Gasteiger partial charge on any atom is -0.452 e. The number of para-hydroxylation sites is 1. The summed E-state index contributed by atoms with van der Waals surface area (Å²) in [4.78, 5) is 24.1. The van der Waals surface area contributed by atoms with Gasteiger partial charge in [0, 0.05) is 5.69 Å². The van der Waals surface area contributed by atoms with Gasteiger partial charge in [0.25, 0.3) is 15.9 Å². The summed E-state index contributed by atoms with van der Waals surface area (Å²) in [5, 5.41) is 11.5. The molecule has 3 aromatic rings. The summed E-state index contributed by atoms with van der Waals surface area (Å²) in [6.45, 7) is -0.549. The van der Waals surface area contributed by atoms with Crippen LogP contribution in [0, 0.1) is 11.3 Å². The van der Waals surface area contributed by atoms with Gasteiger partial charge in [-0.3, -0.25) is 9.52 Å². The van der Waals surface area contributed by atoms with Gasteiger partial charge in [-0.1, -0.05) is 23.7 Å². The Morgan fingerprint density at radius 3 is 2.42 bits per heavy atom. The van der Waals surface area contributed by atoms with Gasteiger partial charge in [-0.25, -0.2) is 13.2 Å². The van der Waals surface area contributed by atoms with Crippen molar-refractivity contribution in [1.29, 1.82) is 5.26 Å². The summed E-state index contributed by atoms with van der Waals surface area (Å²) in [7, 11) is -3.79. The second-order valence-corrected chi connectivity index (χ2v) is 9.65. The van der Waals surface area contributed by atoms with E-state index in [-0.39, 0.29) is 21.0 Å². The van der Waals surface area contributed by atoms with Crippen LogP contribution in [0.3, 0.4) is 0 Å². The lowest BCUT2D eigenvalue weighted by Gasteiger charge is -2.09. The summed E-state index contributed by atoms with van der Waals surface area (Å²) >= 11 is 6.69. The maximum atomic E-state index is 12.3. The number of amides is 1. The molecular weight excluding hydrogens is 462 g/mol.